The number of benzene rings is 2. The third-order valence-electron chi connectivity index (χ3n) is 3.29. The first-order chi connectivity index (χ1) is 10.9. The number of carboxylic acid groups (broad SMARTS) is 1. The monoisotopic (exact) mass is 314 g/mol. The van der Waals surface area contributed by atoms with E-state index in [1.54, 1.807) is 24.3 Å². The van der Waals surface area contributed by atoms with Gasteiger partial charge in [0.15, 0.2) is 0 Å². The van der Waals surface area contributed by atoms with Crippen LogP contribution in [0, 0.1) is 6.92 Å². The van der Waals surface area contributed by atoms with Crippen LogP contribution in [-0.2, 0) is 11.2 Å². The molecule has 2 aromatic carbocycles. The van der Waals surface area contributed by atoms with E-state index in [2.05, 4.69) is 10.6 Å². The van der Waals surface area contributed by atoms with Gasteiger partial charge in [0.25, 0.3) is 0 Å². The van der Waals surface area contributed by atoms with E-state index in [1.165, 1.54) is 12.1 Å². The Morgan fingerprint density at radius 2 is 1.65 bits per heavy atom. The minimum Gasteiger partial charge on any atom is -0.508 e. The topological polar surface area (TPSA) is 98.7 Å². The summed E-state index contributed by atoms with van der Waals surface area (Å²) in [4.78, 5) is 23.2. The van der Waals surface area contributed by atoms with Crippen molar-refractivity contribution in [2.75, 3.05) is 5.32 Å². The lowest BCUT2D eigenvalue weighted by Gasteiger charge is -2.15. The number of carboxylic acids is 1. The van der Waals surface area contributed by atoms with Crippen LogP contribution in [-0.4, -0.2) is 28.3 Å². The molecule has 0 aliphatic rings. The van der Waals surface area contributed by atoms with Crippen molar-refractivity contribution >= 4 is 17.7 Å². The summed E-state index contributed by atoms with van der Waals surface area (Å²) >= 11 is 0. The highest BCUT2D eigenvalue weighted by molar-refractivity contribution is 5.92. The molecule has 0 aliphatic carbocycles. The van der Waals surface area contributed by atoms with Gasteiger partial charge < -0.3 is 20.8 Å². The van der Waals surface area contributed by atoms with Crippen molar-refractivity contribution in [3.63, 3.8) is 0 Å². The third kappa shape index (κ3) is 5.03. The van der Waals surface area contributed by atoms with Crippen molar-refractivity contribution in [3.05, 3.63) is 59.7 Å². The number of hydrogen-bond acceptors (Lipinski definition) is 3. The maximum Gasteiger partial charge on any atom is 0.326 e. The maximum atomic E-state index is 11.9. The minimum atomic E-state index is -1.13. The molecule has 120 valence electrons. The Kier molecular flexibility index (Phi) is 5.19. The molecule has 23 heavy (non-hydrogen) atoms. The van der Waals surface area contributed by atoms with Crippen LogP contribution in [0.25, 0.3) is 0 Å². The van der Waals surface area contributed by atoms with Crippen LogP contribution in [0.3, 0.4) is 0 Å². The number of urea groups is 1. The van der Waals surface area contributed by atoms with E-state index in [0.29, 0.717) is 11.3 Å². The molecular weight excluding hydrogens is 296 g/mol. The van der Waals surface area contributed by atoms with Gasteiger partial charge in [-0.25, -0.2) is 9.59 Å². The molecule has 6 heteroatoms. The number of rotatable bonds is 5. The summed E-state index contributed by atoms with van der Waals surface area (Å²) in [6, 6.07) is 11.7. The van der Waals surface area contributed by atoms with Crippen molar-refractivity contribution < 1.29 is 19.8 Å². The van der Waals surface area contributed by atoms with Gasteiger partial charge in [0.2, 0.25) is 0 Å². The summed E-state index contributed by atoms with van der Waals surface area (Å²) in [7, 11) is 0. The fourth-order valence-electron chi connectivity index (χ4n) is 2.03. The second kappa shape index (κ2) is 7.31. The fraction of sp³-hybridized carbons (Fsp3) is 0.176. The van der Waals surface area contributed by atoms with E-state index < -0.39 is 18.0 Å². The predicted molar refractivity (Wildman–Crippen MR) is 86.6 cm³/mol. The van der Waals surface area contributed by atoms with Crippen molar-refractivity contribution in [2.45, 2.75) is 19.4 Å². The van der Waals surface area contributed by atoms with Crippen LogP contribution in [0.1, 0.15) is 11.1 Å². The number of phenols is 1. The smallest absolute Gasteiger partial charge is 0.326 e. The van der Waals surface area contributed by atoms with Crippen LogP contribution in [0.4, 0.5) is 10.5 Å². The zero-order chi connectivity index (χ0) is 16.8. The Morgan fingerprint density at radius 1 is 1.04 bits per heavy atom. The van der Waals surface area contributed by atoms with Gasteiger partial charge in [0.1, 0.15) is 11.8 Å². The molecule has 0 spiro atoms. The predicted octanol–water partition coefficient (Wildman–Crippen LogP) is 2.52. The van der Waals surface area contributed by atoms with E-state index in [4.69, 9.17) is 0 Å². The molecule has 0 saturated carbocycles. The number of aryl methyl sites for hydroxylation is 1. The van der Waals surface area contributed by atoms with E-state index in [1.807, 2.05) is 19.1 Å². The lowest BCUT2D eigenvalue weighted by molar-refractivity contribution is -0.139. The van der Waals surface area contributed by atoms with E-state index in [9.17, 15) is 19.8 Å². The van der Waals surface area contributed by atoms with Crippen LogP contribution in [0.15, 0.2) is 48.5 Å². The second-order valence-electron chi connectivity index (χ2n) is 5.23. The number of carbonyl (C=O) groups excluding carboxylic acids is 1. The van der Waals surface area contributed by atoms with Crippen molar-refractivity contribution in [2.24, 2.45) is 0 Å². The number of amides is 2. The summed E-state index contributed by atoms with van der Waals surface area (Å²) in [5, 5.41) is 23.5. The van der Waals surface area contributed by atoms with Gasteiger partial charge in [-0.1, -0.05) is 29.8 Å². The number of hydrogen-bond donors (Lipinski definition) is 4. The summed E-state index contributed by atoms with van der Waals surface area (Å²) < 4.78 is 0. The average molecular weight is 314 g/mol. The Hall–Kier alpha value is -3.02. The summed E-state index contributed by atoms with van der Waals surface area (Å²) in [5.74, 6) is -1.03. The summed E-state index contributed by atoms with van der Waals surface area (Å²) in [6.45, 7) is 1.93. The molecule has 2 aromatic rings. The van der Waals surface area contributed by atoms with Crippen LogP contribution in [0.5, 0.6) is 5.75 Å². The molecule has 0 fully saturated rings. The zero-order valence-corrected chi connectivity index (χ0v) is 12.6. The highest BCUT2D eigenvalue weighted by atomic mass is 16.4. The quantitative estimate of drug-likeness (QED) is 0.681. The number of carbonyl (C=O) groups is 2. The van der Waals surface area contributed by atoms with Gasteiger partial charge in [-0.3, -0.25) is 0 Å². The van der Waals surface area contributed by atoms with Crippen molar-refractivity contribution in [1.82, 2.24) is 5.32 Å². The second-order valence-corrected chi connectivity index (χ2v) is 5.23. The van der Waals surface area contributed by atoms with Crippen molar-refractivity contribution in [1.29, 1.82) is 0 Å². The van der Waals surface area contributed by atoms with Crippen LogP contribution in [0.2, 0.25) is 0 Å². The molecule has 0 heterocycles. The molecule has 1 atom stereocenters. The highest BCUT2D eigenvalue weighted by Crippen LogP contribution is 2.12. The molecule has 0 aromatic heterocycles. The molecule has 1 unspecified atom stereocenters. The average Bonchev–Trinajstić information content (AvgIpc) is 2.51. The Morgan fingerprint density at radius 3 is 2.22 bits per heavy atom. The van der Waals surface area contributed by atoms with E-state index in [0.717, 1.165) is 5.56 Å². The molecule has 2 amide bonds. The van der Waals surface area contributed by atoms with Gasteiger partial charge in [-0.05, 0) is 36.8 Å². The van der Waals surface area contributed by atoms with Gasteiger partial charge in [0, 0.05) is 12.1 Å². The minimum absolute atomic E-state index is 0.102. The first-order valence-electron chi connectivity index (χ1n) is 7.09. The van der Waals surface area contributed by atoms with Crippen LogP contribution < -0.4 is 10.6 Å². The fourth-order valence-corrected chi connectivity index (χ4v) is 2.03. The third-order valence-corrected chi connectivity index (χ3v) is 3.29. The number of aliphatic carboxylic acids is 1. The molecule has 2 rings (SSSR count). The summed E-state index contributed by atoms with van der Waals surface area (Å²) in [5.41, 5.74) is 2.35. The molecule has 0 bridgehead atoms. The maximum absolute atomic E-state index is 11.9. The normalized spacial score (nSPS) is 11.5. The molecule has 4 N–H and O–H groups in total. The van der Waals surface area contributed by atoms with Crippen molar-refractivity contribution in [3.8, 4) is 5.75 Å². The lowest BCUT2D eigenvalue weighted by atomic mass is 10.1. The Labute approximate surface area is 133 Å². The number of phenolic OH excluding ortho intramolecular Hbond substituents is 1. The number of nitrogens with one attached hydrogen (secondary N) is 2. The van der Waals surface area contributed by atoms with Gasteiger partial charge >= 0.3 is 12.0 Å². The SMILES string of the molecule is Cc1ccc(NC(=O)NC(Cc2ccc(O)cc2)C(=O)O)cc1. The molecule has 0 aliphatic heterocycles. The van der Waals surface area contributed by atoms with Gasteiger partial charge in [-0.2, -0.15) is 0 Å². The Bertz CT molecular complexity index is 681. The molecule has 0 saturated heterocycles. The van der Waals surface area contributed by atoms with Crippen LogP contribution >= 0.6 is 0 Å². The summed E-state index contributed by atoms with van der Waals surface area (Å²) in [6.07, 6.45) is 0.122. The zero-order valence-electron chi connectivity index (χ0n) is 12.6. The Balaban J connectivity index is 1.98. The van der Waals surface area contributed by atoms with E-state index >= 15 is 0 Å². The molecule has 6 nitrogen and oxygen atoms in total. The lowest BCUT2D eigenvalue weighted by Crippen LogP contribution is -2.44. The molecule has 0 radical (unpaired) electrons. The van der Waals surface area contributed by atoms with E-state index in [-0.39, 0.29) is 12.2 Å². The number of aromatic hydroxyl groups is 1. The first-order valence-corrected chi connectivity index (χ1v) is 7.09. The molecular formula is C17H18N2O4. The number of anilines is 1. The first kappa shape index (κ1) is 16.4. The van der Waals surface area contributed by atoms with Gasteiger partial charge in [0.05, 0.1) is 0 Å². The highest BCUT2D eigenvalue weighted by Gasteiger charge is 2.20. The largest absolute Gasteiger partial charge is 0.508 e. The standard InChI is InChI=1S/C17H18N2O4/c1-11-2-6-13(7-3-11)18-17(23)19-15(16(21)22)10-12-4-8-14(20)9-5-12/h2-9,15,20H,10H2,1H3,(H,21,22)(H2,18,19,23). The van der Waals surface area contributed by atoms with Gasteiger partial charge in [-0.15, -0.1) is 0 Å².